The van der Waals surface area contributed by atoms with Crippen LogP contribution in [0.25, 0.3) is 33.7 Å². The highest BCUT2D eigenvalue weighted by molar-refractivity contribution is 7.89. The van der Waals surface area contributed by atoms with Crippen molar-refractivity contribution in [2.45, 2.75) is 42.9 Å². The van der Waals surface area contributed by atoms with Crippen LogP contribution in [0.4, 0.5) is 4.39 Å². The zero-order chi connectivity index (χ0) is 28.4. The summed E-state index contributed by atoms with van der Waals surface area (Å²) in [5.41, 5.74) is 3.66. The first-order valence-electron chi connectivity index (χ1n) is 13.3. The lowest BCUT2D eigenvalue weighted by Gasteiger charge is -2.31. The van der Waals surface area contributed by atoms with Crippen LogP contribution in [0.2, 0.25) is 0 Å². The number of nitrogens with zero attached hydrogens (tertiary/aromatic N) is 3. The van der Waals surface area contributed by atoms with Gasteiger partial charge in [0.15, 0.2) is 0 Å². The molecule has 0 bridgehead atoms. The Morgan fingerprint density at radius 1 is 0.927 bits per heavy atom. The van der Waals surface area contributed by atoms with E-state index in [1.54, 1.807) is 42.7 Å². The number of aromatic amines is 1. The maximum absolute atomic E-state index is 13.5. The molecule has 3 heterocycles. The molecule has 6 rings (SSSR count). The molecule has 0 radical (unpaired) electrons. The number of halogens is 1. The number of nitrogens with one attached hydrogen (secondary N) is 2. The van der Waals surface area contributed by atoms with Gasteiger partial charge in [-0.05, 0) is 80.1 Å². The van der Waals surface area contributed by atoms with E-state index in [1.807, 2.05) is 18.2 Å². The van der Waals surface area contributed by atoms with Gasteiger partial charge in [0.25, 0.3) is 0 Å². The summed E-state index contributed by atoms with van der Waals surface area (Å²) in [6.45, 7) is 0. The number of hydrogen-bond donors (Lipinski definition) is 3. The van der Waals surface area contributed by atoms with Crippen molar-refractivity contribution < 1.29 is 22.7 Å². The molecule has 1 saturated carbocycles. The first kappa shape index (κ1) is 27.0. The summed E-state index contributed by atoms with van der Waals surface area (Å²) in [7, 11) is -3.79. The Hall–Kier alpha value is -4.19. The van der Waals surface area contributed by atoms with Crippen LogP contribution in [0.15, 0.2) is 90.1 Å². The molecule has 0 amide bonds. The molecule has 0 spiro atoms. The predicted molar refractivity (Wildman–Crippen MR) is 152 cm³/mol. The van der Waals surface area contributed by atoms with Gasteiger partial charge in [0.2, 0.25) is 15.9 Å². The standard InChI is InChI=1S/C30H28FN5O4S/c31-22-10-14-26-27(16-22)35-29(34-26)21-8-13-25(32-18-21)20-9-15-28(33-17-20)40-23-11-6-19(7-12-23)30(37)36-41(38,39)24-4-2-1-3-5-24/h1-5,8-10,13-19,23,30,36-37H,6-7,11-12H2,(H,34,35). The fourth-order valence-electron chi connectivity index (χ4n) is 5.04. The van der Waals surface area contributed by atoms with E-state index >= 15 is 0 Å². The van der Waals surface area contributed by atoms with Gasteiger partial charge in [0.1, 0.15) is 24.0 Å². The first-order chi connectivity index (χ1) is 19.8. The van der Waals surface area contributed by atoms with Crippen LogP contribution in [-0.4, -0.2) is 45.8 Å². The van der Waals surface area contributed by atoms with Gasteiger partial charge in [0, 0.05) is 29.6 Å². The smallest absolute Gasteiger partial charge is 0.242 e. The van der Waals surface area contributed by atoms with Gasteiger partial charge >= 0.3 is 0 Å². The van der Waals surface area contributed by atoms with Crippen LogP contribution >= 0.6 is 0 Å². The molecule has 1 fully saturated rings. The van der Waals surface area contributed by atoms with Crippen molar-refractivity contribution in [3.05, 3.63) is 91.0 Å². The summed E-state index contributed by atoms with van der Waals surface area (Å²) in [6, 6.07) is 19.9. The van der Waals surface area contributed by atoms with E-state index in [4.69, 9.17) is 4.74 Å². The second kappa shape index (κ2) is 11.4. The third-order valence-corrected chi connectivity index (χ3v) is 8.74. The highest BCUT2D eigenvalue weighted by Gasteiger charge is 2.30. The van der Waals surface area contributed by atoms with Crippen molar-refractivity contribution in [2.75, 3.05) is 0 Å². The largest absolute Gasteiger partial charge is 0.474 e. The number of hydrogen-bond acceptors (Lipinski definition) is 7. The Bertz CT molecular complexity index is 1740. The molecule has 3 N–H and O–H groups in total. The van der Waals surface area contributed by atoms with Gasteiger partial charge in [-0.2, -0.15) is 4.72 Å². The summed E-state index contributed by atoms with van der Waals surface area (Å²) in [5.74, 6) is 0.589. The summed E-state index contributed by atoms with van der Waals surface area (Å²) < 4.78 is 47.0. The lowest BCUT2D eigenvalue weighted by atomic mass is 9.86. The summed E-state index contributed by atoms with van der Waals surface area (Å²) in [6.07, 6.45) is 4.78. The van der Waals surface area contributed by atoms with E-state index in [0.717, 1.165) is 16.8 Å². The number of aliphatic hydroxyl groups excluding tert-OH is 1. The van der Waals surface area contributed by atoms with Crippen LogP contribution in [-0.2, 0) is 10.0 Å². The SMILES string of the molecule is O=S(=O)(NC(O)C1CCC(Oc2ccc(-c3ccc(-c4nc5ccc(F)cc5[nH]4)cn3)cn2)CC1)c1ccccc1. The Balaban J connectivity index is 1.02. The van der Waals surface area contributed by atoms with Gasteiger partial charge in [-0.25, -0.2) is 22.8 Å². The third kappa shape index (κ3) is 6.12. The Morgan fingerprint density at radius 3 is 2.39 bits per heavy atom. The molecule has 9 nitrogen and oxygen atoms in total. The summed E-state index contributed by atoms with van der Waals surface area (Å²) in [4.78, 5) is 16.7. The second-order valence-electron chi connectivity index (χ2n) is 10.1. The molecule has 0 aliphatic heterocycles. The maximum atomic E-state index is 13.5. The molecule has 5 aromatic rings. The quantitative estimate of drug-likeness (QED) is 0.221. The lowest BCUT2D eigenvalue weighted by molar-refractivity contribution is 0.0432. The first-order valence-corrected chi connectivity index (χ1v) is 14.8. The number of imidazole rings is 1. The predicted octanol–water partition coefficient (Wildman–Crippen LogP) is 5.06. The normalized spacial score (nSPS) is 18.3. The molecule has 1 aliphatic rings. The Morgan fingerprint density at radius 2 is 1.68 bits per heavy atom. The van der Waals surface area contributed by atoms with E-state index in [1.165, 1.54) is 24.3 Å². The molecular weight excluding hydrogens is 545 g/mol. The molecule has 0 saturated heterocycles. The number of fused-ring (bicyclic) bond motifs is 1. The maximum Gasteiger partial charge on any atom is 0.242 e. The number of ether oxygens (including phenoxy) is 1. The van der Waals surface area contributed by atoms with Crippen LogP contribution in [0.5, 0.6) is 5.88 Å². The van der Waals surface area contributed by atoms with Crippen LogP contribution in [0, 0.1) is 11.7 Å². The molecular formula is C30H28FN5O4S. The zero-order valence-electron chi connectivity index (χ0n) is 21.9. The molecule has 41 heavy (non-hydrogen) atoms. The van der Waals surface area contributed by atoms with E-state index in [2.05, 4.69) is 24.7 Å². The molecule has 1 unspecified atom stereocenters. The number of aliphatic hydroxyl groups is 1. The van der Waals surface area contributed by atoms with E-state index in [9.17, 15) is 17.9 Å². The van der Waals surface area contributed by atoms with Gasteiger partial charge in [-0.3, -0.25) is 4.98 Å². The van der Waals surface area contributed by atoms with Gasteiger partial charge in [-0.15, -0.1) is 0 Å². The monoisotopic (exact) mass is 573 g/mol. The van der Waals surface area contributed by atoms with Gasteiger partial charge in [-0.1, -0.05) is 18.2 Å². The number of sulfonamides is 1. The summed E-state index contributed by atoms with van der Waals surface area (Å²) in [5, 5.41) is 10.5. The zero-order valence-corrected chi connectivity index (χ0v) is 22.8. The highest BCUT2D eigenvalue weighted by atomic mass is 32.2. The van der Waals surface area contributed by atoms with Crippen molar-refractivity contribution in [3.63, 3.8) is 0 Å². The minimum absolute atomic E-state index is 0.0720. The number of benzene rings is 2. The van der Waals surface area contributed by atoms with Crippen molar-refractivity contribution in [3.8, 4) is 28.5 Å². The minimum atomic E-state index is -3.79. The molecule has 210 valence electrons. The van der Waals surface area contributed by atoms with E-state index in [-0.39, 0.29) is 22.7 Å². The van der Waals surface area contributed by atoms with E-state index < -0.39 is 16.3 Å². The van der Waals surface area contributed by atoms with Crippen molar-refractivity contribution in [1.29, 1.82) is 0 Å². The molecule has 2 aromatic carbocycles. The average molecular weight is 574 g/mol. The Kier molecular flexibility index (Phi) is 7.48. The topological polar surface area (TPSA) is 130 Å². The van der Waals surface area contributed by atoms with Crippen LogP contribution < -0.4 is 9.46 Å². The van der Waals surface area contributed by atoms with Crippen molar-refractivity contribution in [1.82, 2.24) is 24.7 Å². The number of H-pyrrole nitrogens is 1. The molecule has 3 aromatic heterocycles. The molecule has 11 heteroatoms. The van der Waals surface area contributed by atoms with Crippen LogP contribution in [0.3, 0.4) is 0 Å². The fourth-order valence-corrected chi connectivity index (χ4v) is 6.20. The van der Waals surface area contributed by atoms with Gasteiger partial charge < -0.3 is 14.8 Å². The fraction of sp³-hybridized carbons (Fsp3) is 0.233. The molecule has 1 aliphatic carbocycles. The minimum Gasteiger partial charge on any atom is -0.474 e. The highest BCUT2D eigenvalue weighted by Crippen LogP contribution is 2.30. The van der Waals surface area contributed by atoms with Crippen molar-refractivity contribution >= 4 is 21.1 Å². The number of rotatable bonds is 8. The number of aromatic nitrogens is 4. The van der Waals surface area contributed by atoms with E-state index in [0.29, 0.717) is 48.4 Å². The van der Waals surface area contributed by atoms with Crippen LogP contribution in [0.1, 0.15) is 25.7 Å². The number of pyridine rings is 2. The lowest BCUT2D eigenvalue weighted by Crippen LogP contribution is -2.42. The second-order valence-corrected chi connectivity index (χ2v) is 11.8. The third-order valence-electron chi connectivity index (χ3n) is 7.30. The molecule has 1 atom stereocenters. The Labute approximate surface area is 236 Å². The average Bonchev–Trinajstić information content (AvgIpc) is 3.42. The summed E-state index contributed by atoms with van der Waals surface area (Å²) >= 11 is 0. The van der Waals surface area contributed by atoms with Gasteiger partial charge in [0.05, 0.1) is 21.6 Å². The van der Waals surface area contributed by atoms with Crippen molar-refractivity contribution in [2.24, 2.45) is 5.92 Å².